The molecule has 0 aliphatic carbocycles. The highest BCUT2D eigenvalue weighted by Crippen LogP contribution is 2.22. The second-order valence-electron chi connectivity index (χ2n) is 3.37. The molecule has 0 aliphatic rings. The maximum absolute atomic E-state index is 5.38. The topological polar surface area (TPSA) is 49.9 Å². The van der Waals surface area contributed by atoms with E-state index in [1.807, 2.05) is 44.3 Å². The van der Waals surface area contributed by atoms with E-state index in [-0.39, 0.29) is 0 Å². The second-order valence-corrected chi connectivity index (χ2v) is 3.37. The first kappa shape index (κ1) is 10.5. The number of aromatic nitrogens is 2. The van der Waals surface area contributed by atoms with E-state index < -0.39 is 0 Å². The molecule has 0 spiro atoms. The summed E-state index contributed by atoms with van der Waals surface area (Å²) in [6.07, 6.45) is 0. The molecule has 1 heterocycles. The summed E-state index contributed by atoms with van der Waals surface area (Å²) in [5, 5.41) is 10.1. The average Bonchev–Trinajstić information content (AvgIpc) is 2.79. The summed E-state index contributed by atoms with van der Waals surface area (Å²) in [5.74, 6) is 1.73. The Morgan fingerprint density at radius 1 is 1.31 bits per heavy atom. The minimum Gasteiger partial charge on any atom is -0.494 e. The normalized spacial score (nSPS) is 10.1. The zero-order valence-electron chi connectivity index (χ0n) is 9.45. The predicted molar refractivity (Wildman–Crippen MR) is 64.7 cm³/mol. The molecule has 0 saturated heterocycles. The van der Waals surface area contributed by atoms with E-state index in [9.17, 15) is 0 Å². The number of H-pyrrole nitrogens is 1. The Bertz CT molecular complexity index is 448. The van der Waals surface area contributed by atoms with Crippen LogP contribution in [0.1, 0.15) is 6.92 Å². The van der Waals surface area contributed by atoms with Crippen LogP contribution in [0.4, 0.5) is 5.82 Å². The molecule has 1 aromatic carbocycles. The van der Waals surface area contributed by atoms with Gasteiger partial charge in [-0.2, -0.15) is 5.10 Å². The molecule has 0 saturated carbocycles. The van der Waals surface area contributed by atoms with Crippen LogP contribution in [0.5, 0.6) is 5.75 Å². The van der Waals surface area contributed by atoms with Gasteiger partial charge in [-0.25, -0.2) is 0 Å². The smallest absolute Gasteiger partial charge is 0.148 e. The lowest BCUT2D eigenvalue weighted by Crippen LogP contribution is -1.90. The van der Waals surface area contributed by atoms with Crippen LogP contribution >= 0.6 is 0 Å². The third-order valence-electron chi connectivity index (χ3n) is 2.31. The molecule has 1 aromatic heterocycles. The largest absolute Gasteiger partial charge is 0.494 e. The molecule has 0 atom stereocenters. The third-order valence-corrected chi connectivity index (χ3v) is 2.31. The summed E-state index contributed by atoms with van der Waals surface area (Å²) in [5.41, 5.74) is 2.09. The summed E-state index contributed by atoms with van der Waals surface area (Å²) in [4.78, 5) is 0. The standard InChI is InChI=1S/C12H15N3O/c1-3-16-10-6-4-9(5-7-10)11-8-12(13-2)15-14-11/h4-8H,3H2,1-2H3,(H2,13,14,15). The fourth-order valence-corrected chi connectivity index (χ4v) is 1.50. The zero-order chi connectivity index (χ0) is 11.4. The second kappa shape index (κ2) is 4.70. The number of benzene rings is 1. The minimum absolute atomic E-state index is 0.688. The van der Waals surface area contributed by atoms with Gasteiger partial charge in [-0.15, -0.1) is 0 Å². The molecule has 84 valence electrons. The first-order chi connectivity index (χ1) is 7.83. The molecule has 16 heavy (non-hydrogen) atoms. The van der Waals surface area contributed by atoms with Crippen molar-refractivity contribution < 1.29 is 4.74 Å². The quantitative estimate of drug-likeness (QED) is 0.827. The van der Waals surface area contributed by atoms with Gasteiger partial charge in [-0.3, -0.25) is 5.10 Å². The van der Waals surface area contributed by atoms with Crippen molar-refractivity contribution in [2.24, 2.45) is 0 Å². The average molecular weight is 217 g/mol. The van der Waals surface area contributed by atoms with Crippen LogP contribution in [-0.2, 0) is 0 Å². The minimum atomic E-state index is 0.688. The Labute approximate surface area is 94.6 Å². The molecular weight excluding hydrogens is 202 g/mol. The molecule has 4 heteroatoms. The molecule has 0 bridgehead atoms. The Balaban J connectivity index is 2.20. The number of ether oxygens (including phenoxy) is 1. The molecule has 0 unspecified atom stereocenters. The van der Waals surface area contributed by atoms with Crippen LogP contribution in [0.15, 0.2) is 30.3 Å². The van der Waals surface area contributed by atoms with Gasteiger partial charge in [-0.1, -0.05) is 0 Å². The maximum atomic E-state index is 5.38. The number of aromatic amines is 1. The van der Waals surface area contributed by atoms with Gasteiger partial charge in [0.15, 0.2) is 0 Å². The Hall–Kier alpha value is -1.97. The SMILES string of the molecule is CCOc1ccc(-c2cc(NC)n[nH]2)cc1. The highest BCUT2D eigenvalue weighted by molar-refractivity contribution is 5.63. The fraction of sp³-hybridized carbons (Fsp3) is 0.250. The van der Waals surface area contributed by atoms with Crippen LogP contribution in [-0.4, -0.2) is 23.9 Å². The number of rotatable bonds is 4. The van der Waals surface area contributed by atoms with Gasteiger partial charge in [0.1, 0.15) is 11.6 Å². The van der Waals surface area contributed by atoms with Gasteiger partial charge in [0, 0.05) is 13.1 Å². The van der Waals surface area contributed by atoms with Crippen LogP contribution in [0.25, 0.3) is 11.3 Å². The van der Waals surface area contributed by atoms with Gasteiger partial charge in [-0.05, 0) is 36.8 Å². The zero-order valence-corrected chi connectivity index (χ0v) is 9.45. The Kier molecular flexibility index (Phi) is 3.10. The molecule has 4 nitrogen and oxygen atoms in total. The van der Waals surface area contributed by atoms with E-state index in [0.717, 1.165) is 22.8 Å². The number of anilines is 1. The molecule has 2 N–H and O–H groups in total. The highest BCUT2D eigenvalue weighted by Gasteiger charge is 2.02. The summed E-state index contributed by atoms with van der Waals surface area (Å²) in [6, 6.07) is 9.91. The third kappa shape index (κ3) is 2.16. The van der Waals surface area contributed by atoms with E-state index in [4.69, 9.17) is 4.74 Å². The maximum Gasteiger partial charge on any atom is 0.148 e. The van der Waals surface area contributed by atoms with E-state index >= 15 is 0 Å². The molecule has 2 aromatic rings. The van der Waals surface area contributed by atoms with Crippen molar-refractivity contribution in [3.05, 3.63) is 30.3 Å². The summed E-state index contributed by atoms with van der Waals surface area (Å²) >= 11 is 0. The molecule has 0 fully saturated rings. The van der Waals surface area contributed by atoms with Gasteiger partial charge in [0.05, 0.1) is 12.3 Å². The molecule has 0 radical (unpaired) electrons. The van der Waals surface area contributed by atoms with Gasteiger partial charge in [0.25, 0.3) is 0 Å². The number of hydrogen-bond acceptors (Lipinski definition) is 3. The lowest BCUT2D eigenvalue weighted by Gasteiger charge is -2.03. The van der Waals surface area contributed by atoms with Gasteiger partial charge >= 0.3 is 0 Å². The summed E-state index contributed by atoms with van der Waals surface area (Å²) in [6.45, 7) is 2.66. The van der Waals surface area contributed by atoms with Crippen LogP contribution < -0.4 is 10.1 Å². The monoisotopic (exact) mass is 217 g/mol. The van der Waals surface area contributed by atoms with Crippen molar-refractivity contribution in [1.82, 2.24) is 10.2 Å². The van der Waals surface area contributed by atoms with E-state index in [1.54, 1.807) is 0 Å². The van der Waals surface area contributed by atoms with Crippen molar-refractivity contribution in [3.63, 3.8) is 0 Å². The Morgan fingerprint density at radius 2 is 2.06 bits per heavy atom. The first-order valence-electron chi connectivity index (χ1n) is 5.30. The van der Waals surface area contributed by atoms with Crippen molar-refractivity contribution in [2.45, 2.75) is 6.92 Å². The van der Waals surface area contributed by atoms with Gasteiger partial charge < -0.3 is 10.1 Å². The number of nitrogens with zero attached hydrogens (tertiary/aromatic N) is 1. The lowest BCUT2D eigenvalue weighted by molar-refractivity contribution is 0.340. The van der Waals surface area contributed by atoms with Gasteiger partial charge in [0.2, 0.25) is 0 Å². The van der Waals surface area contributed by atoms with Crippen LogP contribution in [0.2, 0.25) is 0 Å². The lowest BCUT2D eigenvalue weighted by atomic mass is 10.1. The highest BCUT2D eigenvalue weighted by atomic mass is 16.5. The van der Waals surface area contributed by atoms with Crippen LogP contribution in [0.3, 0.4) is 0 Å². The molecule has 0 aliphatic heterocycles. The molecular formula is C12H15N3O. The van der Waals surface area contributed by atoms with Crippen molar-refractivity contribution in [3.8, 4) is 17.0 Å². The van der Waals surface area contributed by atoms with E-state index in [0.29, 0.717) is 6.61 Å². The van der Waals surface area contributed by atoms with Crippen molar-refractivity contribution in [1.29, 1.82) is 0 Å². The van der Waals surface area contributed by atoms with E-state index in [2.05, 4.69) is 15.5 Å². The number of nitrogens with one attached hydrogen (secondary N) is 2. The Morgan fingerprint density at radius 3 is 2.62 bits per heavy atom. The van der Waals surface area contributed by atoms with Crippen molar-refractivity contribution >= 4 is 5.82 Å². The number of hydrogen-bond donors (Lipinski definition) is 2. The summed E-state index contributed by atoms with van der Waals surface area (Å²) < 4.78 is 5.38. The summed E-state index contributed by atoms with van der Waals surface area (Å²) in [7, 11) is 1.85. The van der Waals surface area contributed by atoms with Crippen molar-refractivity contribution in [2.75, 3.05) is 19.0 Å². The van der Waals surface area contributed by atoms with Crippen LogP contribution in [0, 0.1) is 0 Å². The predicted octanol–water partition coefficient (Wildman–Crippen LogP) is 2.52. The van der Waals surface area contributed by atoms with E-state index in [1.165, 1.54) is 0 Å². The first-order valence-corrected chi connectivity index (χ1v) is 5.30. The molecule has 0 amide bonds. The molecule has 2 rings (SSSR count). The fourth-order valence-electron chi connectivity index (χ4n) is 1.50.